The van der Waals surface area contributed by atoms with Crippen LogP contribution in [0, 0.1) is 0 Å². The third-order valence-electron chi connectivity index (χ3n) is 5.28. The van der Waals surface area contributed by atoms with Crippen LogP contribution < -0.4 is 4.74 Å². The Morgan fingerprint density at radius 3 is 2.12 bits per heavy atom. The molecule has 0 saturated carbocycles. The number of rotatable bonds is 6. The highest BCUT2D eigenvalue weighted by molar-refractivity contribution is 6.36. The van der Waals surface area contributed by atoms with E-state index >= 15 is 0 Å². The van der Waals surface area contributed by atoms with E-state index in [2.05, 4.69) is 60.9 Å². The lowest BCUT2D eigenvalue weighted by molar-refractivity contribution is 0.415. The summed E-state index contributed by atoms with van der Waals surface area (Å²) in [6.07, 6.45) is 6.15. The van der Waals surface area contributed by atoms with Crippen molar-refractivity contribution in [2.45, 2.75) is 19.9 Å². The van der Waals surface area contributed by atoms with Crippen LogP contribution in [0.1, 0.15) is 31.3 Å². The Morgan fingerprint density at radius 1 is 0.875 bits per heavy atom. The van der Waals surface area contributed by atoms with Gasteiger partial charge < -0.3 is 9.30 Å². The molecule has 0 bridgehead atoms. The Bertz CT molecular complexity index is 1240. The zero-order chi connectivity index (χ0) is 22.7. The zero-order valence-corrected chi connectivity index (χ0v) is 19.7. The van der Waals surface area contributed by atoms with Gasteiger partial charge in [-0.15, -0.1) is 0 Å². The lowest BCUT2D eigenvalue weighted by Gasteiger charge is -2.08. The van der Waals surface area contributed by atoms with Gasteiger partial charge in [0.25, 0.3) is 0 Å². The topological polar surface area (TPSA) is 27.1 Å². The second-order valence-corrected chi connectivity index (χ2v) is 8.64. The van der Waals surface area contributed by atoms with Crippen molar-refractivity contribution in [1.82, 2.24) is 9.55 Å². The maximum atomic E-state index is 6.40. The van der Waals surface area contributed by atoms with Gasteiger partial charge in [0, 0.05) is 22.8 Å². The van der Waals surface area contributed by atoms with E-state index in [9.17, 15) is 0 Å². The monoisotopic (exact) mass is 462 g/mol. The predicted octanol–water partition coefficient (Wildman–Crippen LogP) is 8.28. The smallest absolute Gasteiger partial charge is 0.133 e. The molecule has 3 aromatic carbocycles. The highest BCUT2D eigenvalue weighted by atomic mass is 35.5. The Hall–Kier alpha value is -3.01. The molecule has 3 nitrogen and oxygen atoms in total. The van der Waals surface area contributed by atoms with Crippen LogP contribution in [-0.2, 0) is 0 Å². The highest BCUT2D eigenvalue weighted by Gasteiger charge is 2.13. The molecule has 32 heavy (non-hydrogen) atoms. The van der Waals surface area contributed by atoms with Crippen molar-refractivity contribution in [3.8, 4) is 28.1 Å². The first-order valence-electron chi connectivity index (χ1n) is 10.4. The standard InChI is InChI=1S/C27H24Cl2N2O/c1-18(2)31-17-26(24-14-11-22(28)16-25(24)29)30-27(31)15-6-19-4-7-20(8-5-19)21-9-12-23(32-3)13-10-21/h4-18H,1-3H3/b15-6+. The van der Waals surface area contributed by atoms with E-state index in [-0.39, 0.29) is 6.04 Å². The fraction of sp³-hybridized carbons (Fsp3) is 0.148. The van der Waals surface area contributed by atoms with Crippen LogP contribution in [0.3, 0.4) is 0 Å². The Labute approximate surface area is 198 Å². The summed E-state index contributed by atoms with van der Waals surface area (Å²) < 4.78 is 7.38. The second kappa shape index (κ2) is 9.64. The van der Waals surface area contributed by atoms with E-state index in [1.165, 1.54) is 0 Å². The molecule has 0 saturated heterocycles. The predicted molar refractivity (Wildman–Crippen MR) is 135 cm³/mol. The van der Waals surface area contributed by atoms with Crippen LogP contribution in [0.4, 0.5) is 0 Å². The molecular formula is C27H24Cl2N2O. The van der Waals surface area contributed by atoms with Gasteiger partial charge in [-0.3, -0.25) is 0 Å². The lowest BCUT2D eigenvalue weighted by atomic mass is 10.0. The summed E-state index contributed by atoms with van der Waals surface area (Å²) >= 11 is 12.4. The van der Waals surface area contributed by atoms with Crippen molar-refractivity contribution in [2.75, 3.05) is 7.11 Å². The van der Waals surface area contributed by atoms with Gasteiger partial charge in [0.2, 0.25) is 0 Å². The molecule has 0 atom stereocenters. The summed E-state index contributed by atoms with van der Waals surface area (Å²) in [7, 11) is 1.67. The summed E-state index contributed by atoms with van der Waals surface area (Å²) in [5, 5.41) is 1.20. The molecule has 4 aromatic rings. The molecule has 0 aliphatic heterocycles. The van der Waals surface area contributed by atoms with Crippen molar-refractivity contribution in [2.24, 2.45) is 0 Å². The van der Waals surface area contributed by atoms with Crippen molar-refractivity contribution in [3.63, 3.8) is 0 Å². The second-order valence-electron chi connectivity index (χ2n) is 7.79. The van der Waals surface area contributed by atoms with Gasteiger partial charge in [-0.05, 0) is 66.9 Å². The Kier molecular flexibility index (Phi) is 6.69. The highest BCUT2D eigenvalue weighted by Crippen LogP contribution is 2.31. The normalized spacial score (nSPS) is 11.4. The van der Waals surface area contributed by atoms with E-state index in [0.717, 1.165) is 39.5 Å². The van der Waals surface area contributed by atoms with Crippen LogP contribution in [-0.4, -0.2) is 16.7 Å². The number of benzene rings is 3. The molecule has 0 aliphatic rings. The molecule has 162 valence electrons. The molecule has 0 fully saturated rings. The van der Waals surface area contributed by atoms with E-state index in [4.69, 9.17) is 32.9 Å². The quantitative estimate of drug-likeness (QED) is 0.288. The number of methoxy groups -OCH3 is 1. The van der Waals surface area contributed by atoms with E-state index in [0.29, 0.717) is 10.0 Å². The van der Waals surface area contributed by atoms with Crippen molar-refractivity contribution >= 4 is 35.4 Å². The van der Waals surface area contributed by atoms with Crippen LogP contribution in [0.5, 0.6) is 5.75 Å². The summed E-state index contributed by atoms with van der Waals surface area (Å²) in [4.78, 5) is 4.83. The number of aromatic nitrogens is 2. The molecule has 1 aromatic heterocycles. The molecule has 0 aliphatic carbocycles. The van der Waals surface area contributed by atoms with Crippen LogP contribution in [0.15, 0.2) is 72.9 Å². The molecule has 1 heterocycles. The van der Waals surface area contributed by atoms with Crippen LogP contribution in [0.2, 0.25) is 10.0 Å². The number of halogens is 2. The molecule has 0 radical (unpaired) electrons. The average molecular weight is 463 g/mol. The number of hydrogen-bond acceptors (Lipinski definition) is 2. The van der Waals surface area contributed by atoms with Gasteiger partial charge in [-0.25, -0.2) is 4.98 Å². The SMILES string of the molecule is COc1ccc(-c2ccc(/C=C/c3nc(-c4ccc(Cl)cc4Cl)cn3C(C)C)cc2)cc1. The van der Waals surface area contributed by atoms with E-state index in [1.807, 2.05) is 36.5 Å². The van der Waals surface area contributed by atoms with Crippen molar-refractivity contribution < 1.29 is 4.74 Å². The first-order valence-corrected chi connectivity index (χ1v) is 11.2. The fourth-order valence-electron chi connectivity index (χ4n) is 3.51. The maximum Gasteiger partial charge on any atom is 0.133 e. The molecule has 0 N–H and O–H groups in total. The largest absolute Gasteiger partial charge is 0.497 e. The number of nitrogens with zero attached hydrogens (tertiary/aromatic N) is 2. The Balaban J connectivity index is 1.59. The molecule has 5 heteroatoms. The van der Waals surface area contributed by atoms with Crippen molar-refractivity contribution in [1.29, 1.82) is 0 Å². The molecule has 4 rings (SSSR count). The molecular weight excluding hydrogens is 439 g/mol. The van der Waals surface area contributed by atoms with Gasteiger partial charge in [-0.2, -0.15) is 0 Å². The average Bonchev–Trinajstić information content (AvgIpc) is 3.22. The fourth-order valence-corrected chi connectivity index (χ4v) is 4.02. The van der Waals surface area contributed by atoms with Gasteiger partial charge >= 0.3 is 0 Å². The van der Waals surface area contributed by atoms with Gasteiger partial charge in [0.05, 0.1) is 17.8 Å². The summed E-state index contributed by atoms with van der Waals surface area (Å²) in [6.45, 7) is 4.27. The van der Waals surface area contributed by atoms with Crippen LogP contribution >= 0.6 is 23.2 Å². The first-order chi connectivity index (χ1) is 15.4. The van der Waals surface area contributed by atoms with Gasteiger partial charge in [-0.1, -0.05) is 65.7 Å². The number of hydrogen-bond donors (Lipinski definition) is 0. The van der Waals surface area contributed by atoms with Crippen LogP contribution in [0.25, 0.3) is 34.5 Å². The van der Waals surface area contributed by atoms with Crippen molar-refractivity contribution in [3.05, 3.63) is 94.4 Å². The minimum absolute atomic E-state index is 0.263. The lowest BCUT2D eigenvalue weighted by Crippen LogP contribution is -2.01. The Morgan fingerprint density at radius 2 is 1.53 bits per heavy atom. The first kappa shape index (κ1) is 22.2. The zero-order valence-electron chi connectivity index (χ0n) is 18.2. The summed E-state index contributed by atoms with van der Waals surface area (Å²) in [5.41, 5.74) is 5.12. The number of ether oxygens (including phenoxy) is 1. The van der Waals surface area contributed by atoms with Gasteiger partial charge in [0.15, 0.2) is 0 Å². The minimum Gasteiger partial charge on any atom is -0.497 e. The third-order valence-corrected chi connectivity index (χ3v) is 5.83. The summed E-state index contributed by atoms with van der Waals surface area (Å²) in [6, 6.07) is 22.3. The maximum absolute atomic E-state index is 6.40. The van der Waals surface area contributed by atoms with E-state index in [1.54, 1.807) is 13.2 Å². The van der Waals surface area contributed by atoms with E-state index < -0.39 is 0 Å². The minimum atomic E-state index is 0.263. The molecule has 0 spiro atoms. The summed E-state index contributed by atoms with van der Waals surface area (Å²) in [5.74, 6) is 1.73. The molecule has 0 unspecified atom stereocenters. The third kappa shape index (κ3) is 4.90. The van der Waals surface area contributed by atoms with Gasteiger partial charge in [0.1, 0.15) is 11.6 Å². The number of imidazole rings is 1. The molecule has 0 amide bonds.